The fourth-order valence-corrected chi connectivity index (χ4v) is 3.20. The summed E-state index contributed by atoms with van der Waals surface area (Å²) in [6.07, 6.45) is 2.79. The first kappa shape index (κ1) is 20.9. The Bertz CT molecular complexity index is 946. The summed E-state index contributed by atoms with van der Waals surface area (Å²) < 4.78 is 10.8. The molecule has 1 unspecified atom stereocenters. The first-order valence-electron chi connectivity index (χ1n) is 10.1. The highest BCUT2D eigenvalue weighted by atomic mass is 16.5. The maximum absolute atomic E-state index is 5.48. The Morgan fingerprint density at radius 2 is 2.17 bits per heavy atom. The molecular weight excluding hydrogens is 368 g/mol. The van der Waals surface area contributed by atoms with Crippen LogP contribution < -0.4 is 10.6 Å². The maximum atomic E-state index is 5.48. The number of hydrogen-bond donors (Lipinski definition) is 3. The smallest absolute Gasteiger partial charge is 0.248 e. The van der Waals surface area contributed by atoms with Gasteiger partial charge in [-0.2, -0.15) is 4.98 Å². The van der Waals surface area contributed by atoms with Gasteiger partial charge in [0.25, 0.3) is 0 Å². The number of guanidine groups is 1. The van der Waals surface area contributed by atoms with Gasteiger partial charge in [0.1, 0.15) is 12.6 Å². The zero-order valence-corrected chi connectivity index (χ0v) is 17.6. The van der Waals surface area contributed by atoms with Crippen molar-refractivity contribution in [3.8, 4) is 0 Å². The SMILES string of the molecule is CCNC(=NCc1nc(C(C)OCC)no1)NCCc1c[nH]c2c(C)cccc12. The maximum Gasteiger partial charge on any atom is 0.248 e. The van der Waals surface area contributed by atoms with E-state index in [2.05, 4.69) is 62.1 Å². The number of nitrogens with one attached hydrogen (secondary N) is 3. The van der Waals surface area contributed by atoms with Crippen molar-refractivity contribution < 1.29 is 9.26 Å². The Labute approximate surface area is 171 Å². The number of rotatable bonds is 9. The van der Waals surface area contributed by atoms with Crippen LogP contribution >= 0.6 is 0 Å². The molecule has 8 nitrogen and oxygen atoms in total. The van der Waals surface area contributed by atoms with Crippen LogP contribution in [0.4, 0.5) is 0 Å². The quantitative estimate of drug-likeness (QED) is 0.378. The van der Waals surface area contributed by atoms with Gasteiger partial charge < -0.3 is 24.9 Å². The molecule has 0 saturated carbocycles. The van der Waals surface area contributed by atoms with E-state index in [0.29, 0.717) is 24.9 Å². The number of benzene rings is 1. The predicted octanol–water partition coefficient (Wildman–Crippen LogP) is 3.25. The summed E-state index contributed by atoms with van der Waals surface area (Å²) in [6.45, 7) is 10.5. The third-order valence-electron chi connectivity index (χ3n) is 4.68. The number of H-pyrrole nitrogens is 1. The van der Waals surface area contributed by atoms with Gasteiger partial charge in [-0.3, -0.25) is 0 Å². The molecule has 29 heavy (non-hydrogen) atoms. The minimum Gasteiger partial charge on any atom is -0.371 e. The summed E-state index contributed by atoms with van der Waals surface area (Å²) in [6, 6.07) is 6.37. The molecule has 2 heterocycles. The van der Waals surface area contributed by atoms with E-state index in [1.54, 1.807) is 0 Å². The van der Waals surface area contributed by atoms with Gasteiger partial charge in [-0.25, -0.2) is 4.99 Å². The Balaban J connectivity index is 1.57. The summed E-state index contributed by atoms with van der Waals surface area (Å²) in [5, 5.41) is 11.9. The van der Waals surface area contributed by atoms with E-state index in [-0.39, 0.29) is 6.10 Å². The van der Waals surface area contributed by atoms with Crippen molar-refractivity contribution >= 4 is 16.9 Å². The molecule has 0 aliphatic heterocycles. The number of fused-ring (bicyclic) bond motifs is 1. The van der Waals surface area contributed by atoms with Gasteiger partial charge in [-0.1, -0.05) is 23.4 Å². The Kier molecular flexibility index (Phi) is 7.24. The van der Waals surface area contributed by atoms with E-state index in [0.717, 1.165) is 25.5 Å². The van der Waals surface area contributed by atoms with Crippen LogP contribution in [0, 0.1) is 6.92 Å². The first-order valence-corrected chi connectivity index (χ1v) is 10.1. The second-order valence-electron chi connectivity index (χ2n) is 6.83. The molecule has 1 atom stereocenters. The van der Waals surface area contributed by atoms with Crippen molar-refractivity contribution in [3.63, 3.8) is 0 Å². The Hall–Kier alpha value is -2.87. The van der Waals surface area contributed by atoms with Gasteiger partial charge in [-0.05, 0) is 45.2 Å². The second kappa shape index (κ2) is 10.1. The first-order chi connectivity index (χ1) is 14.1. The molecule has 1 aromatic carbocycles. The van der Waals surface area contributed by atoms with Gasteiger partial charge in [0.2, 0.25) is 5.89 Å². The normalized spacial score (nSPS) is 13.0. The van der Waals surface area contributed by atoms with Crippen molar-refractivity contribution in [3.05, 3.63) is 47.2 Å². The molecule has 0 bridgehead atoms. The lowest BCUT2D eigenvalue weighted by Crippen LogP contribution is -2.38. The highest BCUT2D eigenvalue weighted by Gasteiger charge is 2.13. The lowest BCUT2D eigenvalue weighted by Gasteiger charge is -2.10. The molecule has 0 saturated heterocycles. The fourth-order valence-electron chi connectivity index (χ4n) is 3.20. The van der Waals surface area contributed by atoms with Crippen LogP contribution in [0.2, 0.25) is 0 Å². The number of para-hydroxylation sites is 1. The van der Waals surface area contributed by atoms with Crippen LogP contribution in [-0.2, 0) is 17.7 Å². The van der Waals surface area contributed by atoms with E-state index >= 15 is 0 Å². The van der Waals surface area contributed by atoms with E-state index < -0.39 is 0 Å². The van der Waals surface area contributed by atoms with Crippen molar-refractivity contribution in [2.24, 2.45) is 4.99 Å². The molecule has 0 spiro atoms. The van der Waals surface area contributed by atoms with Crippen molar-refractivity contribution in [2.45, 2.75) is 46.8 Å². The van der Waals surface area contributed by atoms with E-state index in [1.165, 1.54) is 22.0 Å². The topological polar surface area (TPSA) is 100 Å². The molecule has 2 aromatic heterocycles. The average molecular weight is 399 g/mol. The van der Waals surface area contributed by atoms with Crippen LogP contribution in [0.15, 0.2) is 33.9 Å². The molecule has 3 N–H and O–H groups in total. The lowest BCUT2D eigenvalue weighted by atomic mass is 10.1. The molecular formula is C21H30N6O2. The minimum absolute atomic E-state index is 0.187. The third kappa shape index (κ3) is 5.35. The van der Waals surface area contributed by atoms with Gasteiger partial charge in [0, 0.05) is 36.8 Å². The molecule has 156 valence electrons. The summed E-state index contributed by atoms with van der Waals surface area (Å²) in [5.74, 6) is 1.74. The average Bonchev–Trinajstić information content (AvgIpc) is 3.34. The number of nitrogens with zero attached hydrogens (tertiary/aromatic N) is 3. The Morgan fingerprint density at radius 3 is 2.97 bits per heavy atom. The molecule has 0 aliphatic rings. The zero-order chi connectivity index (χ0) is 20.6. The highest BCUT2D eigenvalue weighted by Crippen LogP contribution is 2.21. The standard InChI is InChI=1S/C21H30N6O2/c1-5-22-21(25-13-18-26-20(27-29-18)15(4)28-6-2)23-11-10-16-12-24-19-14(3)8-7-9-17(16)19/h7-9,12,15,24H,5-6,10-11,13H2,1-4H3,(H2,22,23,25). The van der Waals surface area contributed by atoms with Gasteiger partial charge in [0.05, 0.1) is 0 Å². The number of aromatic nitrogens is 3. The fraction of sp³-hybridized carbons (Fsp3) is 0.476. The zero-order valence-electron chi connectivity index (χ0n) is 17.6. The van der Waals surface area contributed by atoms with Crippen LogP contribution in [0.1, 0.15) is 49.7 Å². The van der Waals surface area contributed by atoms with Gasteiger partial charge in [0.15, 0.2) is 11.8 Å². The Morgan fingerprint density at radius 1 is 1.31 bits per heavy atom. The van der Waals surface area contributed by atoms with Crippen molar-refractivity contribution in [1.29, 1.82) is 0 Å². The van der Waals surface area contributed by atoms with E-state index in [1.807, 2.05) is 20.8 Å². The number of aromatic amines is 1. The number of aryl methyl sites for hydroxylation is 1. The summed E-state index contributed by atoms with van der Waals surface area (Å²) in [4.78, 5) is 12.3. The number of aliphatic imine (C=N–C) groups is 1. The van der Waals surface area contributed by atoms with Crippen molar-refractivity contribution in [2.75, 3.05) is 19.7 Å². The number of hydrogen-bond acceptors (Lipinski definition) is 5. The summed E-state index contributed by atoms with van der Waals surface area (Å²) >= 11 is 0. The van der Waals surface area contributed by atoms with Crippen LogP contribution in [0.3, 0.4) is 0 Å². The van der Waals surface area contributed by atoms with E-state index in [4.69, 9.17) is 9.26 Å². The molecule has 3 aromatic rings. The molecule has 3 rings (SSSR count). The van der Waals surface area contributed by atoms with Crippen LogP contribution in [0.25, 0.3) is 10.9 Å². The van der Waals surface area contributed by atoms with Gasteiger partial charge >= 0.3 is 0 Å². The monoisotopic (exact) mass is 398 g/mol. The molecule has 0 amide bonds. The van der Waals surface area contributed by atoms with Crippen LogP contribution in [-0.4, -0.2) is 40.8 Å². The lowest BCUT2D eigenvalue weighted by molar-refractivity contribution is 0.0683. The molecule has 0 aliphatic carbocycles. The minimum atomic E-state index is -0.187. The summed E-state index contributed by atoms with van der Waals surface area (Å²) in [7, 11) is 0. The highest BCUT2D eigenvalue weighted by molar-refractivity contribution is 5.86. The molecule has 8 heteroatoms. The molecule has 0 radical (unpaired) electrons. The number of ether oxygens (including phenoxy) is 1. The van der Waals surface area contributed by atoms with Gasteiger partial charge in [-0.15, -0.1) is 0 Å². The van der Waals surface area contributed by atoms with E-state index in [9.17, 15) is 0 Å². The second-order valence-corrected chi connectivity index (χ2v) is 6.83. The largest absolute Gasteiger partial charge is 0.371 e. The van der Waals surface area contributed by atoms with Crippen LogP contribution in [0.5, 0.6) is 0 Å². The van der Waals surface area contributed by atoms with Crippen molar-refractivity contribution in [1.82, 2.24) is 25.8 Å². The molecule has 0 fully saturated rings. The predicted molar refractivity (Wildman–Crippen MR) is 114 cm³/mol. The summed E-state index contributed by atoms with van der Waals surface area (Å²) in [5.41, 5.74) is 3.75. The third-order valence-corrected chi connectivity index (χ3v) is 4.68.